The van der Waals surface area contributed by atoms with Gasteiger partial charge in [-0.05, 0) is 45.0 Å². The number of rotatable bonds is 5. The lowest BCUT2D eigenvalue weighted by molar-refractivity contribution is 0.0924. The number of nitrogens with one attached hydrogen (secondary N) is 1. The van der Waals surface area contributed by atoms with Crippen molar-refractivity contribution in [1.29, 1.82) is 0 Å². The normalized spacial score (nSPS) is 19.1. The van der Waals surface area contributed by atoms with Gasteiger partial charge in [0.1, 0.15) is 5.76 Å². The largest absolute Gasteiger partial charge is 0.379 e. The molecular weight excluding hydrogens is 356 g/mol. The first-order valence-electron chi connectivity index (χ1n) is 9.44. The van der Waals surface area contributed by atoms with Crippen LogP contribution in [0.15, 0.2) is 40.9 Å². The molecule has 0 radical (unpaired) electrons. The van der Waals surface area contributed by atoms with Crippen LogP contribution in [-0.2, 0) is 11.2 Å². The molecule has 146 valence electrons. The molecule has 28 heavy (non-hydrogen) atoms. The van der Waals surface area contributed by atoms with Crippen LogP contribution in [0.3, 0.4) is 0 Å². The summed E-state index contributed by atoms with van der Waals surface area (Å²) in [7, 11) is 0. The minimum atomic E-state index is -0.113. The predicted octanol–water partition coefficient (Wildman–Crippen LogP) is 2.77. The molecule has 3 heterocycles. The second-order valence-corrected chi connectivity index (χ2v) is 7.41. The molecule has 0 aliphatic carbocycles. The summed E-state index contributed by atoms with van der Waals surface area (Å²) in [6.07, 6.45) is 0.692. The zero-order chi connectivity index (χ0) is 19.7. The van der Waals surface area contributed by atoms with Gasteiger partial charge in [0.05, 0.1) is 36.3 Å². The van der Waals surface area contributed by atoms with Crippen LogP contribution in [0.1, 0.15) is 33.2 Å². The van der Waals surface area contributed by atoms with E-state index < -0.39 is 0 Å². The van der Waals surface area contributed by atoms with Crippen molar-refractivity contribution < 1.29 is 14.1 Å². The number of hydrogen-bond acceptors (Lipinski definition) is 5. The average Bonchev–Trinajstić information content (AvgIpc) is 3.37. The molecular formula is C21H24N4O3. The highest BCUT2D eigenvalue weighted by atomic mass is 16.5. The van der Waals surface area contributed by atoms with Crippen molar-refractivity contribution in [2.24, 2.45) is 5.92 Å². The molecule has 1 aliphatic rings. The van der Waals surface area contributed by atoms with E-state index in [1.54, 1.807) is 0 Å². The highest BCUT2D eigenvalue weighted by molar-refractivity contribution is 5.95. The minimum absolute atomic E-state index is 0.0600. The van der Waals surface area contributed by atoms with E-state index in [0.717, 1.165) is 28.5 Å². The maximum Gasteiger partial charge on any atom is 0.251 e. The number of amides is 1. The number of ether oxygens (including phenoxy) is 1. The van der Waals surface area contributed by atoms with Crippen LogP contribution >= 0.6 is 0 Å². The van der Waals surface area contributed by atoms with Gasteiger partial charge in [0.25, 0.3) is 5.91 Å². The second kappa shape index (κ2) is 7.59. The van der Waals surface area contributed by atoms with Gasteiger partial charge in [-0.25, -0.2) is 4.68 Å². The first kappa shape index (κ1) is 18.4. The van der Waals surface area contributed by atoms with Crippen molar-refractivity contribution in [1.82, 2.24) is 20.3 Å². The Hall–Kier alpha value is -2.93. The number of aryl methyl sites for hydroxylation is 3. The number of benzene rings is 1. The molecule has 2 aromatic heterocycles. The number of aromatic nitrogens is 3. The lowest BCUT2D eigenvalue weighted by atomic mass is 9.97. The summed E-state index contributed by atoms with van der Waals surface area (Å²) in [5, 5.41) is 11.5. The number of carbonyl (C=O) groups excluding carboxylic acids is 1. The van der Waals surface area contributed by atoms with E-state index in [2.05, 4.69) is 15.6 Å². The van der Waals surface area contributed by atoms with Crippen LogP contribution < -0.4 is 5.32 Å². The van der Waals surface area contributed by atoms with Gasteiger partial charge in [0.15, 0.2) is 0 Å². The standard InChI is InChI=1S/C21H24N4O3/c1-13-7-15(3)25(23-13)18-6-4-5-16(9-18)21(26)22-20-12-27-11-17(20)10-19-8-14(2)24-28-19/h4-9,17,20H,10-12H2,1-3H3,(H,22,26)/t17-,20+/m0/s1. The first-order chi connectivity index (χ1) is 13.5. The maximum atomic E-state index is 12.8. The Morgan fingerprint density at radius 3 is 2.75 bits per heavy atom. The minimum Gasteiger partial charge on any atom is -0.379 e. The number of hydrogen-bond donors (Lipinski definition) is 1. The van der Waals surface area contributed by atoms with Crippen molar-refractivity contribution in [3.8, 4) is 5.69 Å². The van der Waals surface area contributed by atoms with Crippen molar-refractivity contribution >= 4 is 5.91 Å². The van der Waals surface area contributed by atoms with Gasteiger partial charge in [0, 0.05) is 29.7 Å². The first-order valence-corrected chi connectivity index (χ1v) is 9.44. The molecule has 7 nitrogen and oxygen atoms in total. The van der Waals surface area contributed by atoms with Crippen molar-refractivity contribution in [2.75, 3.05) is 13.2 Å². The third-order valence-corrected chi connectivity index (χ3v) is 5.02. The van der Waals surface area contributed by atoms with Crippen LogP contribution in [0, 0.1) is 26.7 Å². The van der Waals surface area contributed by atoms with E-state index in [0.29, 0.717) is 25.2 Å². The summed E-state index contributed by atoms with van der Waals surface area (Å²) in [6.45, 7) is 6.94. The average molecular weight is 380 g/mol. The summed E-state index contributed by atoms with van der Waals surface area (Å²) in [5.74, 6) is 0.867. The zero-order valence-electron chi connectivity index (χ0n) is 16.3. The van der Waals surface area contributed by atoms with Crippen LogP contribution in [0.4, 0.5) is 0 Å². The van der Waals surface area contributed by atoms with E-state index in [4.69, 9.17) is 9.26 Å². The molecule has 1 N–H and O–H groups in total. The van der Waals surface area contributed by atoms with E-state index in [1.807, 2.05) is 61.9 Å². The Bertz CT molecular complexity index is 991. The molecule has 0 saturated carbocycles. The summed E-state index contributed by atoms with van der Waals surface area (Å²) in [5.41, 5.74) is 4.30. The molecule has 1 saturated heterocycles. The van der Waals surface area contributed by atoms with Gasteiger partial charge in [0.2, 0.25) is 0 Å². The third-order valence-electron chi connectivity index (χ3n) is 5.02. The van der Waals surface area contributed by atoms with Crippen LogP contribution in [0.5, 0.6) is 0 Å². The quantitative estimate of drug-likeness (QED) is 0.736. The topological polar surface area (TPSA) is 82.2 Å². The van der Waals surface area contributed by atoms with Gasteiger partial charge < -0.3 is 14.6 Å². The summed E-state index contributed by atoms with van der Waals surface area (Å²) < 4.78 is 12.8. The smallest absolute Gasteiger partial charge is 0.251 e. The van der Waals surface area contributed by atoms with Gasteiger partial charge in [-0.3, -0.25) is 4.79 Å². The van der Waals surface area contributed by atoms with Crippen molar-refractivity contribution in [2.45, 2.75) is 33.2 Å². The van der Waals surface area contributed by atoms with Crippen LogP contribution in [0.2, 0.25) is 0 Å². The summed E-state index contributed by atoms with van der Waals surface area (Å²) in [4.78, 5) is 12.8. The summed E-state index contributed by atoms with van der Waals surface area (Å²) in [6, 6.07) is 11.4. The molecule has 1 amide bonds. The molecule has 1 aliphatic heterocycles. The summed E-state index contributed by atoms with van der Waals surface area (Å²) >= 11 is 0. The number of carbonyl (C=O) groups is 1. The molecule has 1 aromatic carbocycles. The van der Waals surface area contributed by atoms with Crippen LogP contribution in [-0.4, -0.2) is 40.1 Å². The van der Waals surface area contributed by atoms with E-state index in [9.17, 15) is 4.79 Å². The van der Waals surface area contributed by atoms with Gasteiger partial charge in [-0.2, -0.15) is 5.10 Å². The molecule has 1 fully saturated rings. The molecule has 0 unspecified atom stereocenters. The molecule has 7 heteroatoms. The third kappa shape index (κ3) is 3.84. The molecule has 0 bridgehead atoms. The van der Waals surface area contributed by atoms with E-state index >= 15 is 0 Å². The molecule has 2 atom stereocenters. The lowest BCUT2D eigenvalue weighted by Crippen LogP contribution is -2.40. The Labute approximate surface area is 163 Å². The highest BCUT2D eigenvalue weighted by Gasteiger charge is 2.31. The van der Waals surface area contributed by atoms with E-state index in [1.165, 1.54) is 0 Å². The Morgan fingerprint density at radius 1 is 1.18 bits per heavy atom. The van der Waals surface area contributed by atoms with Crippen LogP contribution in [0.25, 0.3) is 5.69 Å². The molecule has 3 aromatic rings. The monoisotopic (exact) mass is 380 g/mol. The van der Waals surface area contributed by atoms with E-state index in [-0.39, 0.29) is 17.9 Å². The molecule has 4 rings (SSSR count). The van der Waals surface area contributed by atoms with Crippen molar-refractivity contribution in [3.05, 3.63) is 64.8 Å². The van der Waals surface area contributed by atoms with Gasteiger partial charge in [-0.1, -0.05) is 11.2 Å². The lowest BCUT2D eigenvalue weighted by Gasteiger charge is -2.18. The Balaban J connectivity index is 1.47. The Kier molecular flexibility index (Phi) is 5.00. The fourth-order valence-corrected chi connectivity index (χ4v) is 3.65. The zero-order valence-corrected chi connectivity index (χ0v) is 16.3. The highest BCUT2D eigenvalue weighted by Crippen LogP contribution is 2.21. The van der Waals surface area contributed by atoms with Crippen molar-refractivity contribution in [3.63, 3.8) is 0 Å². The SMILES string of the molecule is Cc1cc(C[C@H]2COC[C@H]2NC(=O)c2cccc(-n3nc(C)cc3C)c2)on1. The number of nitrogens with zero attached hydrogens (tertiary/aromatic N) is 3. The fraction of sp³-hybridized carbons (Fsp3) is 0.381. The molecule has 0 spiro atoms. The fourth-order valence-electron chi connectivity index (χ4n) is 3.65. The maximum absolute atomic E-state index is 12.8. The Morgan fingerprint density at radius 2 is 2.04 bits per heavy atom. The second-order valence-electron chi connectivity index (χ2n) is 7.41. The van der Waals surface area contributed by atoms with Gasteiger partial charge in [-0.15, -0.1) is 0 Å². The van der Waals surface area contributed by atoms with Gasteiger partial charge >= 0.3 is 0 Å². The predicted molar refractivity (Wildman–Crippen MR) is 104 cm³/mol.